The SMILES string of the molecule is CN1CCCC(OC(=O)[C@@H](CO)c2ccc(Cl)cc2)CC1. The van der Waals surface area contributed by atoms with E-state index in [1.165, 1.54) is 0 Å². The summed E-state index contributed by atoms with van der Waals surface area (Å²) in [7, 11) is 2.08. The maximum Gasteiger partial charge on any atom is 0.316 e. The van der Waals surface area contributed by atoms with Crippen molar-refractivity contribution in [3.8, 4) is 0 Å². The molecule has 0 bridgehead atoms. The van der Waals surface area contributed by atoms with Crippen molar-refractivity contribution in [2.24, 2.45) is 0 Å². The third kappa shape index (κ3) is 4.70. The van der Waals surface area contributed by atoms with Gasteiger partial charge in [0.1, 0.15) is 12.0 Å². The van der Waals surface area contributed by atoms with E-state index >= 15 is 0 Å². The lowest BCUT2D eigenvalue weighted by molar-refractivity contribution is -0.152. The largest absolute Gasteiger partial charge is 0.462 e. The summed E-state index contributed by atoms with van der Waals surface area (Å²) >= 11 is 5.84. The molecule has 2 atom stereocenters. The molecule has 0 aromatic heterocycles. The number of aliphatic hydroxyl groups excluding tert-OH is 1. The first kappa shape index (κ1) is 16.3. The molecular weight excluding hydrogens is 290 g/mol. The average Bonchev–Trinajstić information content (AvgIpc) is 2.67. The molecule has 5 heteroatoms. The molecule has 0 radical (unpaired) electrons. The Kier molecular flexibility index (Phi) is 6.03. The topological polar surface area (TPSA) is 49.8 Å². The molecule has 0 aliphatic carbocycles. The van der Waals surface area contributed by atoms with Crippen LogP contribution < -0.4 is 0 Å². The molecule has 0 amide bonds. The van der Waals surface area contributed by atoms with E-state index in [-0.39, 0.29) is 18.7 Å². The Morgan fingerprint density at radius 2 is 2.10 bits per heavy atom. The van der Waals surface area contributed by atoms with Crippen LogP contribution in [0.25, 0.3) is 0 Å². The Bertz CT molecular complexity index is 463. The highest BCUT2D eigenvalue weighted by Gasteiger charge is 2.25. The van der Waals surface area contributed by atoms with E-state index in [1.807, 2.05) is 0 Å². The monoisotopic (exact) mass is 311 g/mol. The van der Waals surface area contributed by atoms with Crippen LogP contribution in [0, 0.1) is 0 Å². The Balaban J connectivity index is 1.98. The number of carbonyl (C=O) groups excluding carboxylic acids is 1. The molecule has 1 aromatic carbocycles. The van der Waals surface area contributed by atoms with Gasteiger partial charge in [0.25, 0.3) is 0 Å². The van der Waals surface area contributed by atoms with Gasteiger partial charge in [-0.2, -0.15) is 0 Å². The van der Waals surface area contributed by atoms with Crippen LogP contribution in [0.1, 0.15) is 30.7 Å². The van der Waals surface area contributed by atoms with Crippen LogP contribution in [0.15, 0.2) is 24.3 Å². The number of ether oxygens (including phenoxy) is 1. The molecular formula is C16H22ClNO3. The van der Waals surface area contributed by atoms with Crippen LogP contribution in [-0.4, -0.2) is 48.8 Å². The van der Waals surface area contributed by atoms with Crippen molar-refractivity contribution in [3.63, 3.8) is 0 Å². The molecule has 116 valence electrons. The maximum atomic E-state index is 12.3. The number of aliphatic hydroxyl groups is 1. The Morgan fingerprint density at radius 1 is 1.38 bits per heavy atom. The summed E-state index contributed by atoms with van der Waals surface area (Å²) in [5.41, 5.74) is 0.734. The number of hydrogen-bond acceptors (Lipinski definition) is 4. The summed E-state index contributed by atoms with van der Waals surface area (Å²) in [5, 5.41) is 10.1. The number of nitrogens with zero attached hydrogens (tertiary/aromatic N) is 1. The summed E-state index contributed by atoms with van der Waals surface area (Å²) in [6, 6.07) is 6.94. The zero-order valence-corrected chi connectivity index (χ0v) is 13.1. The Hall–Kier alpha value is -1.10. The normalized spacial score (nSPS) is 21.6. The minimum Gasteiger partial charge on any atom is -0.462 e. The Labute approximate surface area is 130 Å². The first-order chi connectivity index (χ1) is 10.1. The van der Waals surface area contributed by atoms with Crippen molar-refractivity contribution in [1.82, 2.24) is 4.90 Å². The molecule has 1 unspecified atom stereocenters. The number of halogens is 1. The molecule has 1 aliphatic rings. The molecule has 0 saturated carbocycles. The van der Waals surface area contributed by atoms with Gasteiger partial charge >= 0.3 is 5.97 Å². The van der Waals surface area contributed by atoms with Crippen LogP contribution in [0.4, 0.5) is 0 Å². The minimum absolute atomic E-state index is 0.0520. The van der Waals surface area contributed by atoms with E-state index < -0.39 is 5.92 Å². The quantitative estimate of drug-likeness (QED) is 0.868. The fourth-order valence-corrected chi connectivity index (χ4v) is 2.71. The predicted molar refractivity (Wildman–Crippen MR) is 82.5 cm³/mol. The molecule has 1 saturated heterocycles. The van der Waals surface area contributed by atoms with E-state index in [0.717, 1.165) is 37.9 Å². The summed E-state index contributed by atoms with van der Waals surface area (Å²) in [6.45, 7) is 1.71. The third-order valence-electron chi connectivity index (χ3n) is 3.92. The maximum absolute atomic E-state index is 12.3. The molecule has 21 heavy (non-hydrogen) atoms. The number of carbonyl (C=O) groups is 1. The number of benzene rings is 1. The van der Waals surface area contributed by atoms with Crippen molar-refractivity contribution >= 4 is 17.6 Å². The lowest BCUT2D eigenvalue weighted by Gasteiger charge is -2.20. The first-order valence-electron chi connectivity index (χ1n) is 7.35. The highest BCUT2D eigenvalue weighted by molar-refractivity contribution is 6.30. The van der Waals surface area contributed by atoms with Gasteiger partial charge in [-0.25, -0.2) is 0 Å². The van der Waals surface area contributed by atoms with E-state index in [4.69, 9.17) is 16.3 Å². The second kappa shape index (κ2) is 7.78. The molecule has 1 heterocycles. The van der Waals surface area contributed by atoms with Crippen molar-refractivity contribution in [1.29, 1.82) is 0 Å². The second-order valence-corrected chi connectivity index (χ2v) is 6.02. The van der Waals surface area contributed by atoms with E-state index in [9.17, 15) is 9.90 Å². The first-order valence-corrected chi connectivity index (χ1v) is 7.73. The zero-order valence-electron chi connectivity index (χ0n) is 12.3. The molecule has 0 spiro atoms. The molecule has 1 aromatic rings. The predicted octanol–water partition coefficient (Wildman–Crippen LogP) is 2.44. The smallest absolute Gasteiger partial charge is 0.316 e. The van der Waals surface area contributed by atoms with Gasteiger partial charge in [-0.3, -0.25) is 4.79 Å². The number of esters is 1. The average molecular weight is 312 g/mol. The lowest BCUT2D eigenvalue weighted by Crippen LogP contribution is -2.26. The molecule has 1 fully saturated rings. The lowest BCUT2D eigenvalue weighted by atomic mass is 10.00. The van der Waals surface area contributed by atoms with E-state index in [2.05, 4.69) is 11.9 Å². The highest BCUT2D eigenvalue weighted by Crippen LogP contribution is 2.22. The van der Waals surface area contributed by atoms with Gasteiger partial charge < -0.3 is 14.7 Å². The van der Waals surface area contributed by atoms with Crippen molar-refractivity contribution in [2.45, 2.75) is 31.3 Å². The molecule has 4 nitrogen and oxygen atoms in total. The summed E-state index contributed by atoms with van der Waals surface area (Å²) in [5.74, 6) is -0.988. The van der Waals surface area contributed by atoms with Gasteiger partial charge in [-0.05, 0) is 50.6 Å². The van der Waals surface area contributed by atoms with Gasteiger partial charge in [0, 0.05) is 11.6 Å². The molecule has 2 rings (SSSR count). The fourth-order valence-electron chi connectivity index (χ4n) is 2.58. The highest BCUT2D eigenvalue weighted by atomic mass is 35.5. The summed E-state index contributed by atoms with van der Waals surface area (Å²) < 4.78 is 5.60. The van der Waals surface area contributed by atoms with Crippen LogP contribution in [0.2, 0.25) is 5.02 Å². The molecule has 1 aliphatic heterocycles. The van der Waals surface area contributed by atoms with Crippen molar-refractivity contribution in [2.75, 3.05) is 26.7 Å². The number of hydrogen-bond donors (Lipinski definition) is 1. The standard InChI is InChI=1S/C16H22ClNO3/c1-18-9-2-3-14(8-10-18)21-16(20)15(11-19)12-4-6-13(17)7-5-12/h4-7,14-15,19H,2-3,8-11H2,1H3/t14?,15-/m0/s1. The minimum atomic E-state index is -0.636. The second-order valence-electron chi connectivity index (χ2n) is 5.58. The van der Waals surface area contributed by atoms with Crippen LogP contribution in [0.3, 0.4) is 0 Å². The molecule has 1 N–H and O–H groups in total. The van der Waals surface area contributed by atoms with Gasteiger partial charge in [-0.15, -0.1) is 0 Å². The summed E-state index contributed by atoms with van der Waals surface area (Å²) in [6.07, 6.45) is 2.71. The summed E-state index contributed by atoms with van der Waals surface area (Å²) in [4.78, 5) is 14.5. The number of likely N-dealkylation sites (tertiary alicyclic amines) is 1. The van der Waals surface area contributed by atoms with Gasteiger partial charge in [0.05, 0.1) is 6.61 Å². The fraction of sp³-hybridized carbons (Fsp3) is 0.562. The van der Waals surface area contributed by atoms with Gasteiger partial charge in [0.2, 0.25) is 0 Å². The van der Waals surface area contributed by atoms with E-state index in [1.54, 1.807) is 24.3 Å². The Morgan fingerprint density at radius 3 is 2.76 bits per heavy atom. The van der Waals surface area contributed by atoms with Gasteiger partial charge in [-0.1, -0.05) is 23.7 Å². The van der Waals surface area contributed by atoms with Crippen molar-refractivity contribution in [3.05, 3.63) is 34.9 Å². The zero-order chi connectivity index (χ0) is 15.2. The van der Waals surface area contributed by atoms with Crippen LogP contribution >= 0.6 is 11.6 Å². The van der Waals surface area contributed by atoms with Gasteiger partial charge in [0.15, 0.2) is 0 Å². The van der Waals surface area contributed by atoms with Crippen molar-refractivity contribution < 1.29 is 14.6 Å². The van der Waals surface area contributed by atoms with Crippen LogP contribution in [0.5, 0.6) is 0 Å². The van der Waals surface area contributed by atoms with Crippen LogP contribution in [-0.2, 0) is 9.53 Å². The third-order valence-corrected chi connectivity index (χ3v) is 4.17. The number of rotatable bonds is 4. The van der Waals surface area contributed by atoms with E-state index in [0.29, 0.717) is 5.02 Å².